The number of carbonyl (C=O) groups is 1. The van der Waals surface area contributed by atoms with Crippen LogP contribution >= 0.6 is 0 Å². The monoisotopic (exact) mass is 181 g/mol. The number of hydrogen-bond donors (Lipinski definition) is 0. The molecule has 0 unspecified atom stereocenters. The van der Waals surface area contributed by atoms with Gasteiger partial charge in [-0.3, -0.25) is 4.68 Å². The van der Waals surface area contributed by atoms with Gasteiger partial charge in [0.15, 0.2) is 5.75 Å². The van der Waals surface area contributed by atoms with E-state index in [0.717, 1.165) is 19.5 Å². The van der Waals surface area contributed by atoms with E-state index in [0.29, 0.717) is 5.75 Å². The molecule has 0 aromatic carbocycles. The third kappa shape index (κ3) is 1.63. The molecular weight excluding hydrogens is 170 g/mol. The smallest absolute Gasteiger partial charge is 0.407 e. The molecule has 0 N–H and O–H groups in total. The summed E-state index contributed by atoms with van der Waals surface area (Å²) in [7, 11) is 1.78. The average molecular weight is 181 g/mol. The standard InChI is InChI=1S/C8H11N3O2/c1-10-6-7(5-9-10)13-8(12)11-3-2-4-11/h5-6H,2-4H2,1H3. The van der Waals surface area contributed by atoms with Crippen molar-refractivity contribution in [2.24, 2.45) is 7.05 Å². The number of ether oxygens (including phenoxy) is 1. The van der Waals surface area contributed by atoms with Gasteiger partial charge in [-0.25, -0.2) is 4.79 Å². The molecule has 0 radical (unpaired) electrons. The van der Waals surface area contributed by atoms with Crippen molar-refractivity contribution in [1.82, 2.24) is 14.7 Å². The fourth-order valence-electron chi connectivity index (χ4n) is 1.12. The van der Waals surface area contributed by atoms with E-state index in [9.17, 15) is 4.79 Å². The lowest BCUT2D eigenvalue weighted by molar-refractivity contribution is 0.125. The van der Waals surface area contributed by atoms with Crippen LogP contribution in [0.25, 0.3) is 0 Å². The maximum atomic E-state index is 11.3. The van der Waals surface area contributed by atoms with Crippen LogP contribution in [0.4, 0.5) is 4.79 Å². The molecule has 13 heavy (non-hydrogen) atoms. The second kappa shape index (κ2) is 3.08. The van der Waals surface area contributed by atoms with E-state index in [1.165, 1.54) is 6.20 Å². The minimum atomic E-state index is -0.278. The van der Waals surface area contributed by atoms with Crippen molar-refractivity contribution in [3.63, 3.8) is 0 Å². The van der Waals surface area contributed by atoms with E-state index in [-0.39, 0.29) is 6.09 Å². The molecule has 0 atom stereocenters. The van der Waals surface area contributed by atoms with Crippen LogP contribution in [-0.4, -0.2) is 33.9 Å². The molecule has 70 valence electrons. The van der Waals surface area contributed by atoms with Crippen LogP contribution in [0, 0.1) is 0 Å². The molecule has 2 heterocycles. The van der Waals surface area contributed by atoms with Gasteiger partial charge in [-0.05, 0) is 6.42 Å². The molecule has 0 spiro atoms. The van der Waals surface area contributed by atoms with Crippen LogP contribution in [0.3, 0.4) is 0 Å². The van der Waals surface area contributed by atoms with Gasteiger partial charge >= 0.3 is 6.09 Å². The number of amides is 1. The highest BCUT2D eigenvalue weighted by molar-refractivity contribution is 5.71. The lowest BCUT2D eigenvalue weighted by Gasteiger charge is -2.29. The Morgan fingerprint density at radius 3 is 2.85 bits per heavy atom. The van der Waals surface area contributed by atoms with Gasteiger partial charge in [0.25, 0.3) is 0 Å². The molecular formula is C8H11N3O2. The number of aromatic nitrogens is 2. The zero-order valence-corrected chi connectivity index (χ0v) is 7.43. The molecule has 1 fully saturated rings. The van der Waals surface area contributed by atoms with Crippen molar-refractivity contribution >= 4 is 6.09 Å². The van der Waals surface area contributed by atoms with Crippen molar-refractivity contribution in [3.05, 3.63) is 12.4 Å². The Labute approximate surface area is 75.9 Å². The molecule has 5 heteroatoms. The summed E-state index contributed by atoms with van der Waals surface area (Å²) in [5, 5.41) is 3.89. The summed E-state index contributed by atoms with van der Waals surface area (Å²) in [6.45, 7) is 1.61. The first-order valence-corrected chi connectivity index (χ1v) is 4.21. The van der Waals surface area contributed by atoms with Gasteiger partial charge in [0.1, 0.15) is 0 Å². The summed E-state index contributed by atoms with van der Waals surface area (Å²) >= 11 is 0. The normalized spacial score (nSPS) is 15.3. The molecule has 1 saturated heterocycles. The molecule has 2 rings (SSSR count). The van der Waals surface area contributed by atoms with E-state index in [1.54, 1.807) is 22.8 Å². The average Bonchev–Trinajstić information content (AvgIpc) is 2.31. The Bertz CT molecular complexity index is 317. The predicted molar refractivity (Wildman–Crippen MR) is 45.4 cm³/mol. The zero-order valence-electron chi connectivity index (χ0n) is 7.43. The summed E-state index contributed by atoms with van der Waals surface area (Å²) in [6.07, 6.45) is 3.98. The largest absolute Gasteiger partial charge is 0.415 e. The van der Waals surface area contributed by atoms with E-state index in [4.69, 9.17) is 4.74 Å². The van der Waals surface area contributed by atoms with E-state index >= 15 is 0 Å². The summed E-state index contributed by atoms with van der Waals surface area (Å²) in [4.78, 5) is 12.9. The van der Waals surface area contributed by atoms with Crippen LogP contribution < -0.4 is 4.74 Å². The molecule has 1 amide bonds. The van der Waals surface area contributed by atoms with Crippen molar-refractivity contribution in [1.29, 1.82) is 0 Å². The van der Waals surface area contributed by atoms with Gasteiger partial charge in [0.05, 0.1) is 12.4 Å². The highest BCUT2D eigenvalue weighted by Crippen LogP contribution is 2.12. The number of nitrogens with zero attached hydrogens (tertiary/aromatic N) is 3. The predicted octanol–water partition coefficient (Wildman–Crippen LogP) is 0.625. The topological polar surface area (TPSA) is 47.4 Å². The van der Waals surface area contributed by atoms with Crippen LogP contribution in [0.2, 0.25) is 0 Å². The van der Waals surface area contributed by atoms with E-state index < -0.39 is 0 Å². The first-order chi connectivity index (χ1) is 6.25. The highest BCUT2D eigenvalue weighted by atomic mass is 16.6. The molecule has 0 bridgehead atoms. The second-order valence-electron chi connectivity index (χ2n) is 3.06. The third-order valence-corrected chi connectivity index (χ3v) is 2.00. The maximum Gasteiger partial charge on any atom is 0.415 e. The lowest BCUT2D eigenvalue weighted by atomic mass is 10.2. The Balaban J connectivity index is 1.93. The quantitative estimate of drug-likeness (QED) is 0.638. The van der Waals surface area contributed by atoms with Gasteiger partial charge in [-0.15, -0.1) is 0 Å². The Kier molecular flexibility index (Phi) is 1.92. The van der Waals surface area contributed by atoms with E-state index in [2.05, 4.69) is 5.10 Å². The minimum absolute atomic E-state index is 0.278. The van der Waals surface area contributed by atoms with Gasteiger partial charge < -0.3 is 9.64 Å². The molecule has 5 nitrogen and oxygen atoms in total. The molecule has 0 saturated carbocycles. The molecule has 1 aliphatic heterocycles. The number of hydrogen-bond acceptors (Lipinski definition) is 3. The highest BCUT2D eigenvalue weighted by Gasteiger charge is 2.22. The fourth-order valence-corrected chi connectivity index (χ4v) is 1.12. The van der Waals surface area contributed by atoms with E-state index in [1.807, 2.05) is 0 Å². The summed E-state index contributed by atoms with van der Waals surface area (Å²) < 4.78 is 6.64. The zero-order chi connectivity index (χ0) is 9.26. The lowest BCUT2D eigenvalue weighted by Crippen LogP contribution is -2.43. The SMILES string of the molecule is Cn1cc(OC(=O)N2CCC2)cn1. The van der Waals surface area contributed by atoms with Gasteiger partial charge in [0.2, 0.25) is 0 Å². The molecule has 0 aliphatic carbocycles. The number of rotatable bonds is 1. The van der Waals surface area contributed by atoms with Crippen molar-refractivity contribution < 1.29 is 9.53 Å². The summed E-state index contributed by atoms with van der Waals surface area (Å²) in [6, 6.07) is 0. The minimum Gasteiger partial charge on any atom is -0.407 e. The third-order valence-electron chi connectivity index (χ3n) is 2.00. The Morgan fingerprint density at radius 2 is 2.38 bits per heavy atom. The number of aryl methyl sites for hydroxylation is 1. The van der Waals surface area contributed by atoms with Crippen molar-refractivity contribution in [2.45, 2.75) is 6.42 Å². The first-order valence-electron chi connectivity index (χ1n) is 4.21. The number of likely N-dealkylation sites (tertiary alicyclic amines) is 1. The van der Waals surface area contributed by atoms with Crippen LogP contribution in [-0.2, 0) is 7.05 Å². The maximum absolute atomic E-state index is 11.3. The van der Waals surface area contributed by atoms with Crippen molar-refractivity contribution in [2.75, 3.05) is 13.1 Å². The second-order valence-corrected chi connectivity index (χ2v) is 3.06. The summed E-state index contributed by atoms with van der Waals surface area (Å²) in [5.74, 6) is 0.499. The van der Waals surface area contributed by atoms with Crippen LogP contribution in [0.15, 0.2) is 12.4 Å². The fraction of sp³-hybridized carbons (Fsp3) is 0.500. The Morgan fingerprint density at radius 1 is 1.62 bits per heavy atom. The summed E-state index contributed by atoms with van der Waals surface area (Å²) in [5.41, 5.74) is 0. The molecule has 1 aromatic heterocycles. The van der Waals surface area contributed by atoms with Crippen molar-refractivity contribution in [3.8, 4) is 5.75 Å². The van der Waals surface area contributed by atoms with Gasteiger partial charge in [-0.2, -0.15) is 5.10 Å². The number of carbonyl (C=O) groups excluding carboxylic acids is 1. The Hall–Kier alpha value is -1.52. The first kappa shape index (κ1) is 8.10. The van der Waals surface area contributed by atoms with Gasteiger partial charge in [0, 0.05) is 20.1 Å². The van der Waals surface area contributed by atoms with Crippen LogP contribution in [0.1, 0.15) is 6.42 Å². The van der Waals surface area contributed by atoms with Crippen LogP contribution in [0.5, 0.6) is 5.75 Å². The molecule has 1 aromatic rings. The molecule has 1 aliphatic rings. The van der Waals surface area contributed by atoms with Gasteiger partial charge in [-0.1, -0.05) is 0 Å².